The molecule has 0 aliphatic carbocycles. The van der Waals surface area contributed by atoms with Crippen LogP contribution in [0.25, 0.3) is 0 Å². The van der Waals surface area contributed by atoms with Gasteiger partial charge in [-0.05, 0) is 35.2 Å². The molecule has 0 saturated carbocycles. The Morgan fingerprint density at radius 2 is 1.75 bits per heavy atom. The van der Waals surface area contributed by atoms with Gasteiger partial charge in [0.05, 0.1) is 13.2 Å². The van der Waals surface area contributed by atoms with Crippen molar-refractivity contribution in [2.75, 3.05) is 7.11 Å². The Balaban J connectivity index is 2.10. The van der Waals surface area contributed by atoms with Crippen LogP contribution in [0, 0.1) is 5.82 Å². The summed E-state index contributed by atoms with van der Waals surface area (Å²) in [6, 6.07) is 12.6. The summed E-state index contributed by atoms with van der Waals surface area (Å²) in [5, 5.41) is 10.2. The van der Waals surface area contributed by atoms with Gasteiger partial charge >= 0.3 is 0 Å². The molecule has 0 aliphatic heterocycles. The van der Waals surface area contributed by atoms with Gasteiger partial charge in [-0.25, -0.2) is 4.39 Å². The third-order valence-electron chi connectivity index (χ3n) is 3.42. The van der Waals surface area contributed by atoms with Crippen LogP contribution in [0.5, 0.6) is 5.75 Å². The minimum atomic E-state index is -0.631. The fourth-order valence-corrected chi connectivity index (χ4v) is 2.15. The van der Waals surface area contributed by atoms with E-state index < -0.39 is 11.9 Å². The maximum atomic E-state index is 13.6. The molecule has 0 fully saturated rings. The van der Waals surface area contributed by atoms with E-state index in [0.717, 1.165) is 17.5 Å². The van der Waals surface area contributed by atoms with Crippen LogP contribution in [0.1, 0.15) is 29.7 Å². The predicted molar refractivity (Wildman–Crippen MR) is 77.4 cm³/mol. The average Bonchev–Trinajstić information content (AvgIpc) is 2.47. The molecule has 0 saturated heterocycles. The van der Waals surface area contributed by atoms with Crippen molar-refractivity contribution < 1.29 is 14.2 Å². The first-order valence-corrected chi connectivity index (χ1v) is 6.73. The van der Waals surface area contributed by atoms with Crippen LogP contribution in [0.4, 0.5) is 4.39 Å². The average molecular weight is 274 g/mol. The van der Waals surface area contributed by atoms with Crippen LogP contribution in [-0.2, 0) is 12.8 Å². The molecule has 2 aromatic carbocycles. The van der Waals surface area contributed by atoms with Crippen LogP contribution in [0.15, 0.2) is 42.5 Å². The molecule has 1 atom stereocenters. The smallest absolute Gasteiger partial charge is 0.165 e. The number of ether oxygens (including phenoxy) is 1. The second kappa shape index (κ2) is 6.53. The fourth-order valence-electron chi connectivity index (χ4n) is 2.15. The molecular weight excluding hydrogens is 255 g/mol. The molecule has 0 radical (unpaired) electrons. The number of hydrogen-bond acceptors (Lipinski definition) is 2. The van der Waals surface area contributed by atoms with Gasteiger partial charge in [-0.1, -0.05) is 37.3 Å². The summed E-state index contributed by atoms with van der Waals surface area (Å²) in [6.45, 7) is 2.09. The van der Waals surface area contributed by atoms with E-state index in [1.165, 1.54) is 18.7 Å². The minimum Gasteiger partial charge on any atom is -0.494 e. The highest BCUT2D eigenvalue weighted by Gasteiger charge is 2.10. The number of aryl methyl sites for hydroxylation is 1. The van der Waals surface area contributed by atoms with Crippen molar-refractivity contribution in [1.82, 2.24) is 0 Å². The van der Waals surface area contributed by atoms with E-state index in [0.29, 0.717) is 6.42 Å². The zero-order valence-corrected chi connectivity index (χ0v) is 11.8. The van der Waals surface area contributed by atoms with E-state index in [4.69, 9.17) is 4.74 Å². The van der Waals surface area contributed by atoms with Crippen LogP contribution < -0.4 is 4.74 Å². The summed E-state index contributed by atoms with van der Waals surface area (Å²) in [7, 11) is 1.43. The zero-order chi connectivity index (χ0) is 14.5. The van der Waals surface area contributed by atoms with E-state index in [2.05, 4.69) is 6.92 Å². The molecule has 20 heavy (non-hydrogen) atoms. The van der Waals surface area contributed by atoms with E-state index in [1.807, 2.05) is 24.3 Å². The molecule has 0 aromatic heterocycles. The van der Waals surface area contributed by atoms with Gasteiger partial charge in [0, 0.05) is 6.42 Å². The molecule has 3 heteroatoms. The molecule has 2 rings (SSSR count). The van der Waals surface area contributed by atoms with Crippen molar-refractivity contribution in [1.29, 1.82) is 0 Å². The summed E-state index contributed by atoms with van der Waals surface area (Å²) in [5.41, 5.74) is 2.82. The number of benzene rings is 2. The Morgan fingerprint density at radius 3 is 2.30 bits per heavy atom. The van der Waals surface area contributed by atoms with E-state index in [9.17, 15) is 9.50 Å². The minimum absolute atomic E-state index is 0.218. The van der Waals surface area contributed by atoms with Crippen molar-refractivity contribution in [2.24, 2.45) is 0 Å². The number of methoxy groups -OCH3 is 1. The molecule has 0 spiro atoms. The third-order valence-corrected chi connectivity index (χ3v) is 3.42. The van der Waals surface area contributed by atoms with Gasteiger partial charge in [0.15, 0.2) is 11.6 Å². The lowest BCUT2D eigenvalue weighted by atomic mass is 10.00. The van der Waals surface area contributed by atoms with Crippen molar-refractivity contribution in [3.63, 3.8) is 0 Å². The maximum absolute atomic E-state index is 13.6. The monoisotopic (exact) mass is 274 g/mol. The topological polar surface area (TPSA) is 29.5 Å². The summed E-state index contributed by atoms with van der Waals surface area (Å²) < 4.78 is 18.5. The summed E-state index contributed by atoms with van der Waals surface area (Å²) in [4.78, 5) is 0. The summed E-state index contributed by atoms with van der Waals surface area (Å²) >= 11 is 0. The Bertz CT molecular complexity index is 564. The summed E-state index contributed by atoms with van der Waals surface area (Å²) in [5.74, 6) is -0.186. The van der Waals surface area contributed by atoms with E-state index in [-0.39, 0.29) is 5.75 Å². The highest BCUT2D eigenvalue weighted by Crippen LogP contribution is 2.23. The molecule has 0 amide bonds. The maximum Gasteiger partial charge on any atom is 0.165 e. The number of aliphatic hydroxyl groups excluding tert-OH is 1. The Labute approximate surface area is 118 Å². The molecule has 0 bridgehead atoms. The molecule has 106 valence electrons. The SMILES string of the molecule is CCc1ccc(C(O)Cc2ccc(OC)c(F)c2)cc1. The zero-order valence-electron chi connectivity index (χ0n) is 11.8. The molecule has 2 aromatic rings. The van der Waals surface area contributed by atoms with Gasteiger partial charge in [-0.15, -0.1) is 0 Å². The Kier molecular flexibility index (Phi) is 4.74. The first-order chi connectivity index (χ1) is 9.63. The first-order valence-electron chi connectivity index (χ1n) is 6.73. The van der Waals surface area contributed by atoms with E-state index >= 15 is 0 Å². The highest BCUT2D eigenvalue weighted by atomic mass is 19.1. The molecule has 1 unspecified atom stereocenters. The number of hydrogen-bond donors (Lipinski definition) is 1. The quantitative estimate of drug-likeness (QED) is 0.901. The van der Waals surface area contributed by atoms with Crippen molar-refractivity contribution in [3.8, 4) is 5.75 Å². The van der Waals surface area contributed by atoms with Gasteiger partial charge in [-0.2, -0.15) is 0 Å². The molecule has 1 N–H and O–H groups in total. The fraction of sp³-hybridized carbons (Fsp3) is 0.294. The summed E-state index contributed by atoms with van der Waals surface area (Å²) in [6.07, 6.45) is 0.723. The third kappa shape index (κ3) is 3.36. The standard InChI is InChI=1S/C17H19FO2/c1-3-12-4-7-14(8-5-12)16(19)11-13-6-9-17(20-2)15(18)10-13/h4-10,16,19H,3,11H2,1-2H3. The van der Waals surface area contributed by atoms with Crippen molar-refractivity contribution in [3.05, 3.63) is 65.0 Å². The lowest BCUT2D eigenvalue weighted by Crippen LogP contribution is -2.02. The number of aliphatic hydroxyl groups is 1. The Morgan fingerprint density at radius 1 is 1.10 bits per heavy atom. The lowest BCUT2D eigenvalue weighted by Gasteiger charge is -2.12. The molecule has 2 nitrogen and oxygen atoms in total. The van der Waals surface area contributed by atoms with Gasteiger partial charge in [0.2, 0.25) is 0 Å². The normalized spacial score (nSPS) is 12.2. The van der Waals surface area contributed by atoms with Crippen LogP contribution in [-0.4, -0.2) is 12.2 Å². The number of halogens is 1. The van der Waals surface area contributed by atoms with E-state index in [1.54, 1.807) is 12.1 Å². The Hall–Kier alpha value is -1.87. The second-order valence-electron chi connectivity index (χ2n) is 4.78. The van der Waals surface area contributed by atoms with Crippen LogP contribution in [0.3, 0.4) is 0 Å². The van der Waals surface area contributed by atoms with Gasteiger partial charge in [0.25, 0.3) is 0 Å². The van der Waals surface area contributed by atoms with Crippen molar-refractivity contribution in [2.45, 2.75) is 25.9 Å². The van der Waals surface area contributed by atoms with Gasteiger partial charge in [0.1, 0.15) is 0 Å². The largest absolute Gasteiger partial charge is 0.494 e. The highest BCUT2D eigenvalue weighted by molar-refractivity contribution is 5.31. The van der Waals surface area contributed by atoms with Gasteiger partial charge in [-0.3, -0.25) is 0 Å². The van der Waals surface area contributed by atoms with Gasteiger partial charge < -0.3 is 9.84 Å². The van der Waals surface area contributed by atoms with Crippen LogP contribution in [0.2, 0.25) is 0 Å². The van der Waals surface area contributed by atoms with Crippen molar-refractivity contribution >= 4 is 0 Å². The predicted octanol–water partition coefficient (Wildman–Crippen LogP) is 3.67. The molecule has 0 aliphatic rings. The lowest BCUT2D eigenvalue weighted by molar-refractivity contribution is 0.178. The van der Waals surface area contributed by atoms with Crippen LogP contribution >= 0.6 is 0 Å². The number of rotatable bonds is 5. The first kappa shape index (κ1) is 14.5. The second-order valence-corrected chi connectivity index (χ2v) is 4.78. The molecule has 0 heterocycles. The molecular formula is C17H19FO2.